The van der Waals surface area contributed by atoms with Gasteiger partial charge in [0.1, 0.15) is 5.82 Å². The highest BCUT2D eigenvalue weighted by molar-refractivity contribution is 6.06. The number of carbonyl (C=O) groups is 2. The number of aromatic nitrogens is 1. The maximum atomic E-state index is 13.7. The minimum absolute atomic E-state index is 0.0870. The lowest BCUT2D eigenvalue weighted by molar-refractivity contribution is 0.0951. The Labute approximate surface area is 149 Å². The Kier molecular flexibility index (Phi) is 5.34. The van der Waals surface area contributed by atoms with Crippen molar-refractivity contribution in [1.82, 2.24) is 10.3 Å². The standard InChI is InChI=1S/C20H16FN3O2/c21-17-8-1-2-9-18(17)24-20(26)16-7-3-6-15(11-16)19(25)23-13-14-5-4-10-22-12-14/h1-12H,13H2,(H,23,25)(H,24,26). The van der Waals surface area contributed by atoms with E-state index in [4.69, 9.17) is 0 Å². The molecule has 2 aromatic carbocycles. The quantitative estimate of drug-likeness (QED) is 0.742. The van der Waals surface area contributed by atoms with Gasteiger partial charge in [0.05, 0.1) is 5.69 Å². The molecular weight excluding hydrogens is 333 g/mol. The van der Waals surface area contributed by atoms with Crippen molar-refractivity contribution in [2.75, 3.05) is 5.32 Å². The number of nitrogens with zero attached hydrogens (tertiary/aromatic N) is 1. The van der Waals surface area contributed by atoms with Crippen molar-refractivity contribution >= 4 is 17.5 Å². The molecule has 3 aromatic rings. The highest BCUT2D eigenvalue weighted by atomic mass is 19.1. The van der Waals surface area contributed by atoms with Crippen LogP contribution in [-0.2, 0) is 6.54 Å². The summed E-state index contributed by atoms with van der Waals surface area (Å²) in [5.74, 6) is -1.32. The van der Waals surface area contributed by atoms with E-state index in [0.717, 1.165) is 5.56 Å². The first-order valence-corrected chi connectivity index (χ1v) is 7.96. The molecule has 130 valence electrons. The molecule has 0 unspecified atom stereocenters. The summed E-state index contributed by atoms with van der Waals surface area (Å²) in [6.45, 7) is 0.332. The van der Waals surface area contributed by atoms with Crippen LogP contribution in [0.25, 0.3) is 0 Å². The number of amides is 2. The van der Waals surface area contributed by atoms with Crippen molar-refractivity contribution in [3.63, 3.8) is 0 Å². The van der Waals surface area contributed by atoms with Gasteiger partial charge in [-0.2, -0.15) is 0 Å². The van der Waals surface area contributed by atoms with Crippen molar-refractivity contribution in [1.29, 1.82) is 0 Å². The molecule has 3 rings (SSSR count). The van der Waals surface area contributed by atoms with Crippen LogP contribution in [0.2, 0.25) is 0 Å². The fraction of sp³-hybridized carbons (Fsp3) is 0.0500. The van der Waals surface area contributed by atoms with E-state index in [1.54, 1.807) is 42.7 Å². The third kappa shape index (κ3) is 4.30. The number of rotatable bonds is 5. The molecule has 2 N–H and O–H groups in total. The Morgan fingerprint density at radius 2 is 1.69 bits per heavy atom. The number of nitrogens with one attached hydrogen (secondary N) is 2. The van der Waals surface area contributed by atoms with Crippen molar-refractivity contribution < 1.29 is 14.0 Å². The van der Waals surface area contributed by atoms with Crippen LogP contribution in [0.15, 0.2) is 73.1 Å². The maximum absolute atomic E-state index is 13.7. The Balaban J connectivity index is 1.68. The van der Waals surface area contributed by atoms with Gasteiger partial charge in [0.25, 0.3) is 11.8 Å². The lowest BCUT2D eigenvalue weighted by atomic mass is 10.1. The largest absolute Gasteiger partial charge is 0.348 e. The molecule has 0 fully saturated rings. The van der Waals surface area contributed by atoms with Crippen LogP contribution in [-0.4, -0.2) is 16.8 Å². The highest BCUT2D eigenvalue weighted by Crippen LogP contribution is 2.14. The average molecular weight is 349 g/mol. The molecule has 5 nitrogen and oxygen atoms in total. The summed E-state index contributed by atoms with van der Waals surface area (Å²) in [4.78, 5) is 28.6. The summed E-state index contributed by atoms with van der Waals surface area (Å²) in [6, 6.07) is 15.8. The number of pyridine rings is 1. The fourth-order valence-corrected chi connectivity index (χ4v) is 2.35. The summed E-state index contributed by atoms with van der Waals surface area (Å²) >= 11 is 0. The van der Waals surface area contributed by atoms with Crippen LogP contribution in [0.4, 0.5) is 10.1 Å². The van der Waals surface area contributed by atoms with Gasteiger partial charge in [-0.1, -0.05) is 24.3 Å². The van der Waals surface area contributed by atoms with E-state index in [1.165, 1.54) is 24.3 Å². The zero-order valence-corrected chi connectivity index (χ0v) is 13.8. The predicted octanol–water partition coefficient (Wildman–Crippen LogP) is 3.40. The molecule has 0 aliphatic heterocycles. The highest BCUT2D eigenvalue weighted by Gasteiger charge is 2.12. The van der Waals surface area contributed by atoms with E-state index in [1.807, 2.05) is 6.07 Å². The summed E-state index contributed by atoms with van der Waals surface area (Å²) < 4.78 is 13.7. The second-order valence-electron chi connectivity index (χ2n) is 5.56. The number of hydrogen-bond donors (Lipinski definition) is 2. The van der Waals surface area contributed by atoms with E-state index in [9.17, 15) is 14.0 Å². The van der Waals surface area contributed by atoms with Crippen molar-refractivity contribution in [2.24, 2.45) is 0 Å². The molecule has 1 heterocycles. The molecule has 26 heavy (non-hydrogen) atoms. The van der Waals surface area contributed by atoms with Gasteiger partial charge in [-0.15, -0.1) is 0 Å². The number of carbonyl (C=O) groups excluding carboxylic acids is 2. The number of para-hydroxylation sites is 1. The molecule has 0 saturated carbocycles. The predicted molar refractivity (Wildman–Crippen MR) is 96.2 cm³/mol. The van der Waals surface area contributed by atoms with Gasteiger partial charge in [0.2, 0.25) is 0 Å². The first kappa shape index (κ1) is 17.3. The lowest BCUT2D eigenvalue weighted by Gasteiger charge is -2.08. The molecule has 2 amide bonds. The minimum Gasteiger partial charge on any atom is -0.348 e. The number of benzene rings is 2. The fourth-order valence-electron chi connectivity index (χ4n) is 2.35. The van der Waals surface area contributed by atoms with Crippen LogP contribution >= 0.6 is 0 Å². The first-order chi connectivity index (χ1) is 12.6. The molecule has 0 atom stereocenters. The number of halogens is 1. The van der Waals surface area contributed by atoms with E-state index in [2.05, 4.69) is 15.6 Å². The molecule has 0 saturated heterocycles. The Hall–Kier alpha value is -3.54. The molecule has 0 radical (unpaired) electrons. The minimum atomic E-state index is -0.522. The monoisotopic (exact) mass is 349 g/mol. The summed E-state index contributed by atoms with van der Waals surface area (Å²) in [7, 11) is 0. The van der Waals surface area contributed by atoms with Gasteiger partial charge < -0.3 is 10.6 Å². The van der Waals surface area contributed by atoms with Gasteiger partial charge in [-0.05, 0) is 42.0 Å². The zero-order chi connectivity index (χ0) is 18.4. The first-order valence-electron chi connectivity index (χ1n) is 7.96. The van der Waals surface area contributed by atoms with Crippen molar-refractivity contribution in [3.05, 3.63) is 95.6 Å². The Bertz CT molecular complexity index is 929. The molecule has 0 spiro atoms. The second-order valence-corrected chi connectivity index (χ2v) is 5.56. The lowest BCUT2D eigenvalue weighted by Crippen LogP contribution is -2.23. The maximum Gasteiger partial charge on any atom is 0.255 e. The van der Waals surface area contributed by atoms with Crippen molar-refractivity contribution in [2.45, 2.75) is 6.54 Å². The molecular formula is C20H16FN3O2. The summed E-state index contributed by atoms with van der Waals surface area (Å²) in [6.07, 6.45) is 3.32. The average Bonchev–Trinajstić information content (AvgIpc) is 2.69. The Morgan fingerprint density at radius 3 is 2.42 bits per heavy atom. The van der Waals surface area contributed by atoms with Crippen LogP contribution in [0, 0.1) is 5.82 Å². The SMILES string of the molecule is O=C(NCc1cccnc1)c1cccc(C(=O)Nc2ccccc2F)c1. The van der Waals surface area contributed by atoms with Crippen LogP contribution in [0.1, 0.15) is 26.3 Å². The Morgan fingerprint density at radius 1 is 0.923 bits per heavy atom. The van der Waals surface area contributed by atoms with E-state index >= 15 is 0 Å². The summed E-state index contributed by atoms with van der Waals surface area (Å²) in [5, 5.41) is 5.27. The molecule has 0 bridgehead atoms. The van der Waals surface area contributed by atoms with Gasteiger partial charge in [0, 0.05) is 30.1 Å². The smallest absolute Gasteiger partial charge is 0.255 e. The van der Waals surface area contributed by atoms with Crippen LogP contribution < -0.4 is 10.6 Å². The van der Waals surface area contributed by atoms with Gasteiger partial charge in [-0.3, -0.25) is 14.6 Å². The molecule has 6 heteroatoms. The molecule has 0 aliphatic carbocycles. The topological polar surface area (TPSA) is 71.1 Å². The van der Waals surface area contributed by atoms with E-state index in [-0.39, 0.29) is 17.2 Å². The van der Waals surface area contributed by atoms with Crippen LogP contribution in [0.5, 0.6) is 0 Å². The number of hydrogen-bond acceptors (Lipinski definition) is 3. The van der Waals surface area contributed by atoms with Gasteiger partial charge in [-0.25, -0.2) is 4.39 Å². The third-order valence-corrected chi connectivity index (χ3v) is 3.68. The molecule has 1 aromatic heterocycles. The molecule has 0 aliphatic rings. The zero-order valence-electron chi connectivity index (χ0n) is 13.8. The van der Waals surface area contributed by atoms with E-state index in [0.29, 0.717) is 12.1 Å². The summed E-state index contributed by atoms with van der Waals surface area (Å²) in [5.41, 5.74) is 1.57. The second kappa shape index (κ2) is 8.02. The van der Waals surface area contributed by atoms with E-state index < -0.39 is 11.7 Å². The number of anilines is 1. The third-order valence-electron chi connectivity index (χ3n) is 3.68. The van der Waals surface area contributed by atoms with Crippen molar-refractivity contribution in [3.8, 4) is 0 Å². The normalized spacial score (nSPS) is 10.2. The van der Waals surface area contributed by atoms with Crippen LogP contribution in [0.3, 0.4) is 0 Å². The van der Waals surface area contributed by atoms with Gasteiger partial charge >= 0.3 is 0 Å². The van der Waals surface area contributed by atoms with Gasteiger partial charge in [0.15, 0.2) is 0 Å².